The van der Waals surface area contributed by atoms with Crippen molar-refractivity contribution in [3.8, 4) is 0 Å². The fourth-order valence-electron chi connectivity index (χ4n) is 0.633. The summed E-state index contributed by atoms with van der Waals surface area (Å²) in [6, 6.07) is 0. The molecule has 0 saturated heterocycles. The van der Waals surface area contributed by atoms with Crippen molar-refractivity contribution in [1.29, 1.82) is 0 Å². The van der Waals surface area contributed by atoms with Crippen molar-refractivity contribution in [3.05, 3.63) is 10.4 Å². The highest BCUT2D eigenvalue weighted by Crippen LogP contribution is 1.87. The van der Waals surface area contributed by atoms with Crippen molar-refractivity contribution < 1.29 is 4.97 Å². The lowest BCUT2D eigenvalue weighted by molar-refractivity contribution is -0.689. The van der Waals surface area contributed by atoms with Crippen LogP contribution in [0.5, 0.6) is 0 Å². The molecule has 0 aromatic rings. The molecule has 0 aromatic heterocycles. The van der Waals surface area contributed by atoms with E-state index in [0.29, 0.717) is 0 Å². The molecule has 0 radical (unpaired) electrons. The third kappa shape index (κ3) is 3.58. The van der Waals surface area contributed by atoms with E-state index >= 15 is 0 Å². The SMILES string of the molecule is NCCN(CCN)/[N+]([O-])=N/[O-]. The second-order valence-electron chi connectivity index (χ2n) is 1.87. The van der Waals surface area contributed by atoms with Crippen LogP contribution in [0.2, 0.25) is 0 Å². The molecule has 0 aliphatic carbocycles. The largest absolute Gasteiger partial charge is 0.737 e. The van der Waals surface area contributed by atoms with Crippen molar-refractivity contribution in [2.45, 2.75) is 0 Å². The van der Waals surface area contributed by atoms with Gasteiger partial charge in [-0.2, -0.15) is 0 Å². The molecule has 0 bridgehead atoms. The van der Waals surface area contributed by atoms with Gasteiger partial charge >= 0.3 is 0 Å². The standard InChI is InChI=1S/C4H13N5O2/c5-1-3-8(4-2-6)9(11)7-10/h10H,1-6H2/p-1/b9-7-. The van der Waals surface area contributed by atoms with E-state index in [1.54, 1.807) is 0 Å². The van der Waals surface area contributed by atoms with Gasteiger partial charge in [0.15, 0.2) is 0 Å². The fraction of sp³-hybridized carbons (Fsp3) is 1.00. The van der Waals surface area contributed by atoms with Crippen LogP contribution >= 0.6 is 0 Å². The summed E-state index contributed by atoms with van der Waals surface area (Å²) in [6.45, 7) is 1.14. The first-order valence-corrected chi connectivity index (χ1v) is 3.21. The Hall–Kier alpha value is -1.08. The summed E-state index contributed by atoms with van der Waals surface area (Å²) in [6.07, 6.45) is 0. The van der Waals surface area contributed by atoms with Gasteiger partial charge in [-0.15, -0.1) is 5.01 Å². The lowest BCUT2D eigenvalue weighted by Gasteiger charge is -2.17. The lowest BCUT2D eigenvalue weighted by atomic mass is 10.5. The molecule has 66 valence electrons. The highest BCUT2D eigenvalue weighted by molar-refractivity contribution is 4.45. The molecule has 0 spiro atoms. The Balaban J connectivity index is 3.87. The molecule has 7 heteroatoms. The quantitative estimate of drug-likeness (QED) is 0.292. The summed E-state index contributed by atoms with van der Waals surface area (Å²) >= 11 is 0. The number of hydrogen-bond acceptors (Lipinski definition) is 5. The minimum atomic E-state index is -0.0419. The summed E-state index contributed by atoms with van der Waals surface area (Å²) in [5, 5.41) is 23.6. The maximum absolute atomic E-state index is 10.5. The Bertz CT molecular complexity index is 122. The summed E-state index contributed by atoms with van der Waals surface area (Å²) in [5.74, 6) is 0. The van der Waals surface area contributed by atoms with E-state index in [4.69, 9.17) is 11.5 Å². The summed E-state index contributed by atoms with van der Waals surface area (Å²) in [5.41, 5.74) is 10.3. The van der Waals surface area contributed by atoms with Gasteiger partial charge in [-0.3, -0.25) is 0 Å². The van der Waals surface area contributed by atoms with Crippen molar-refractivity contribution >= 4 is 0 Å². The lowest BCUT2D eigenvalue weighted by Crippen LogP contribution is -2.38. The number of hydrogen-bond donors (Lipinski definition) is 2. The zero-order valence-corrected chi connectivity index (χ0v) is 6.14. The van der Waals surface area contributed by atoms with Gasteiger partial charge in [0.25, 0.3) is 0 Å². The molecule has 0 aromatic carbocycles. The predicted octanol–water partition coefficient (Wildman–Crippen LogP) is -1.42. The molecule has 0 amide bonds. The van der Waals surface area contributed by atoms with Gasteiger partial charge in [-0.1, -0.05) is 0 Å². The van der Waals surface area contributed by atoms with Crippen molar-refractivity contribution in [1.82, 2.24) is 5.01 Å². The third-order valence-corrected chi connectivity index (χ3v) is 1.09. The number of nitrogens with two attached hydrogens (primary N) is 2. The molecular formula is C4H12N5O2-. The average molecular weight is 162 g/mol. The first kappa shape index (κ1) is 9.92. The van der Waals surface area contributed by atoms with Crippen LogP contribution in [0.4, 0.5) is 0 Å². The van der Waals surface area contributed by atoms with Crippen LogP contribution in [0.1, 0.15) is 0 Å². The Morgan fingerprint density at radius 2 is 1.73 bits per heavy atom. The van der Waals surface area contributed by atoms with Gasteiger partial charge < -0.3 is 21.9 Å². The Kier molecular flexibility index (Phi) is 5.13. The molecular weight excluding hydrogens is 150 g/mol. The Labute approximate surface area is 64.4 Å². The molecule has 11 heavy (non-hydrogen) atoms. The molecule has 0 aliphatic rings. The van der Waals surface area contributed by atoms with E-state index in [1.807, 2.05) is 0 Å². The molecule has 0 unspecified atom stereocenters. The van der Waals surface area contributed by atoms with Gasteiger partial charge in [-0.25, -0.2) is 0 Å². The highest BCUT2D eigenvalue weighted by atomic mass is 16.6. The van der Waals surface area contributed by atoms with Crippen molar-refractivity contribution in [3.63, 3.8) is 0 Å². The second-order valence-corrected chi connectivity index (χ2v) is 1.87. The first-order valence-electron chi connectivity index (χ1n) is 3.21. The van der Waals surface area contributed by atoms with E-state index in [2.05, 4.69) is 5.28 Å². The van der Waals surface area contributed by atoms with E-state index in [9.17, 15) is 10.4 Å². The van der Waals surface area contributed by atoms with Crippen LogP contribution in [0.3, 0.4) is 0 Å². The van der Waals surface area contributed by atoms with E-state index in [0.717, 1.165) is 5.01 Å². The predicted molar refractivity (Wildman–Crippen MR) is 39.1 cm³/mol. The topological polar surface area (TPSA) is 117 Å². The Morgan fingerprint density at radius 1 is 1.27 bits per heavy atom. The van der Waals surface area contributed by atoms with Crippen molar-refractivity contribution in [2.24, 2.45) is 16.7 Å². The number of rotatable bonds is 5. The normalized spacial score (nSPS) is 11.6. The fourth-order valence-corrected chi connectivity index (χ4v) is 0.633. The molecule has 0 fully saturated rings. The first-order chi connectivity index (χ1) is 5.26. The van der Waals surface area contributed by atoms with Crippen LogP contribution in [-0.2, 0) is 0 Å². The summed E-state index contributed by atoms with van der Waals surface area (Å²) in [4.78, 5) is -0.0419. The zero-order chi connectivity index (χ0) is 8.69. The van der Waals surface area contributed by atoms with Gasteiger partial charge in [0.1, 0.15) is 0 Å². The minimum Gasteiger partial charge on any atom is -0.737 e. The van der Waals surface area contributed by atoms with Crippen LogP contribution in [0.15, 0.2) is 5.28 Å². The molecule has 0 rings (SSSR count). The maximum atomic E-state index is 10.5. The number of nitrogens with zero attached hydrogens (tertiary/aromatic N) is 3. The highest BCUT2D eigenvalue weighted by Gasteiger charge is 2.07. The van der Waals surface area contributed by atoms with Crippen LogP contribution in [0.25, 0.3) is 0 Å². The monoisotopic (exact) mass is 162 g/mol. The molecule has 4 N–H and O–H groups in total. The zero-order valence-electron chi connectivity index (χ0n) is 6.14. The molecule has 0 saturated carbocycles. The molecule has 7 nitrogen and oxygen atoms in total. The average Bonchev–Trinajstić information content (AvgIpc) is 2.03. The second kappa shape index (κ2) is 5.69. The van der Waals surface area contributed by atoms with E-state index in [-0.39, 0.29) is 31.1 Å². The van der Waals surface area contributed by atoms with E-state index in [1.165, 1.54) is 0 Å². The van der Waals surface area contributed by atoms with Gasteiger partial charge in [0.2, 0.25) is 0 Å². The van der Waals surface area contributed by atoms with Gasteiger partial charge in [0, 0.05) is 18.1 Å². The Morgan fingerprint density at radius 3 is 2.00 bits per heavy atom. The smallest absolute Gasteiger partial charge is 0.0890 e. The molecule has 0 atom stereocenters. The molecule has 0 aliphatic heterocycles. The van der Waals surface area contributed by atoms with Crippen molar-refractivity contribution in [2.75, 3.05) is 26.2 Å². The number of hydrazine groups is 1. The minimum absolute atomic E-state index is 0.0419. The van der Waals surface area contributed by atoms with Gasteiger partial charge in [0.05, 0.1) is 13.1 Å². The van der Waals surface area contributed by atoms with Crippen LogP contribution < -0.4 is 11.5 Å². The van der Waals surface area contributed by atoms with Gasteiger partial charge in [-0.05, 0) is 5.28 Å². The third-order valence-electron chi connectivity index (χ3n) is 1.09. The summed E-state index contributed by atoms with van der Waals surface area (Å²) in [7, 11) is 0. The maximum Gasteiger partial charge on any atom is 0.0890 e. The molecule has 0 heterocycles. The van der Waals surface area contributed by atoms with E-state index < -0.39 is 0 Å². The summed E-state index contributed by atoms with van der Waals surface area (Å²) < 4.78 is 0. The van der Waals surface area contributed by atoms with Crippen LogP contribution in [-0.4, -0.2) is 36.2 Å². The van der Waals surface area contributed by atoms with Crippen LogP contribution in [0, 0.1) is 10.4 Å².